The molecule has 2 N–H and O–H groups in total. The summed E-state index contributed by atoms with van der Waals surface area (Å²) >= 11 is 3.35. The second kappa shape index (κ2) is 6.49. The van der Waals surface area contributed by atoms with Gasteiger partial charge in [-0.25, -0.2) is 0 Å². The fourth-order valence-corrected chi connectivity index (χ4v) is 1.96. The minimum absolute atomic E-state index is 0.0648. The maximum absolute atomic E-state index is 11.0. The van der Waals surface area contributed by atoms with Gasteiger partial charge in [0.1, 0.15) is 6.61 Å². The molecule has 2 aromatic rings. The maximum Gasteiger partial charge on any atom is 0.311 e. The van der Waals surface area contributed by atoms with Crippen LogP contribution in [-0.2, 0) is 13.2 Å². The Labute approximate surface area is 124 Å². The van der Waals surface area contributed by atoms with Gasteiger partial charge in [-0.15, -0.1) is 0 Å². The Kier molecular flexibility index (Phi) is 4.70. The van der Waals surface area contributed by atoms with E-state index in [1.54, 1.807) is 12.1 Å². The summed E-state index contributed by atoms with van der Waals surface area (Å²) in [6, 6.07) is 12.3. The number of rotatable bonds is 5. The fraction of sp³-hybridized carbons (Fsp3) is 0.143. The van der Waals surface area contributed by atoms with E-state index in [1.165, 1.54) is 6.07 Å². The summed E-state index contributed by atoms with van der Waals surface area (Å²) in [5.74, 6) is 0.245. The van der Waals surface area contributed by atoms with E-state index >= 15 is 0 Å². The Morgan fingerprint density at radius 3 is 2.40 bits per heavy atom. The van der Waals surface area contributed by atoms with Gasteiger partial charge in [0.25, 0.3) is 0 Å². The highest BCUT2D eigenvalue weighted by Crippen LogP contribution is 2.28. The number of halogens is 1. The first-order chi connectivity index (χ1) is 9.60. The summed E-state index contributed by atoms with van der Waals surface area (Å²) in [7, 11) is 0. The van der Waals surface area contributed by atoms with Crippen LogP contribution in [0, 0.1) is 10.1 Å². The Morgan fingerprint density at radius 2 is 1.80 bits per heavy atom. The molecule has 0 atom stereocenters. The van der Waals surface area contributed by atoms with Gasteiger partial charge in [0.15, 0.2) is 5.75 Å². The second-order valence-corrected chi connectivity index (χ2v) is 5.09. The molecule has 0 aliphatic carbocycles. The van der Waals surface area contributed by atoms with Crippen molar-refractivity contribution in [3.05, 3.63) is 68.2 Å². The van der Waals surface area contributed by atoms with E-state index in [9.17, 15) is 10.1 Å². The zero-order valence-corrected chi connectivity index (χ0v) is 12.2. The highest BCUT2D eigenvalue weighted by atomic mass is 79.9. The van der Waals surface area contributed by atoms with Gasteiger partial charge in [-0.2, -0.15) is 0 Å². The van der Waals surface area contributed by atoms with E-state index in [2.05, 4.69) is 15.9 Å². The number of ether oxygens (including phenoxy) is 1. The molecule has 2 aromatic carbocycles. The van der Waals surface area contributed by atoms with Crippen molar-refractivity contribution >= 4 is 21.6 Å². The lowest BCUT2D eigenvalue weighted by molar-refractivity contribution is -0.386. The Bertz CT molecular complexity index is 614. The Hall–Kier alpha value is -1.92. The van der Waals surface area contributed by atoms with Crippen molar-refractivity contribution in [2.75, 3.05) is 0 Å². The number of nitro benzene ring substituents is 1. The van der Waals surface area contributed by atoms with Crippen molar-refractivity contribution in [2.45, 2.75) is 13.2 Å². The van der Waals surface area contributed by atoms with Crippen LogP contribution in [0.15, 0.2) is 46.9 Å². The quantitative estimate of drug-likeness (QED) is 0.670. The van der Waals surface area contributed by atoms with E-state index in [-0.39, 0.29) is 24.6 Å². The monoisotopic (exact) mass is 336 g/mol. The van der Waals surface area contributed by atoms with E-state index in [4.69, 9.17) is 10.5 Å². The number of nitrogens with two attached hydrogens (primary N) is 1. The maximum atomic E-state index is 11.0. The molecule has 0 fully saturated rings. The number of nitro groups is 1. The molecular formula is C14H13BrN2O3. The summed E-state index contributed by atoms with van der Waals surface area (Å²) in [5, 5.41) is 11.0. The predicted molar refractivity (Wildman–Crippen MR) is 79.5 cm³/mol. The van der Waals surface area contributed by atoms with Crippen molar-refractivity contribution in [1.29, 1.82) is 0 Å². The van der Waals surface area contributed by atoms with E-state index in [1.807, 2.05) is 24.3 Å². The molecule has 0 spiro atoms. The van der Waals surface area contributed by atoms with Gasteiger partial charge >= 0.3 is 5.69 Å². The van der Waals surface area contributed by atoms with Crippen molar-refractivity contribution in [3.63, 3.8) is 0 Å². The lowest BCUT2D eigenvalue weighted by Crippen LogP contribution is -2.02. The molecule has 5 nitrogen and oxygen atoms in total. The third-order valence-electron chi connectivity index (χ3n) is 2.76. The molecule has 0 saturated heterocycles. The topological polar surface area (TPSA) is 78.4 Å². The molecule has 0 amide bonds. The molecule has 0 radical (unpaired) electrons. The summed E-state index contributed by atoms with van der Waals surface area (Å²) < 4.78 is 6.50. The normalized spacial score (nSPS) is 10.3. The lowest BCUT2D eigenvalue weighted by atomic mass is 10.2. The highest BCUT2D eigenvalue weighted by Gasteiger charge is 2.15. The zero-order chi connectivity index (χ0) is 14.5. The molecule has 6 heteroatoms. The number of benzene rings is 2. The molecule has 0 unspecified atom stereocenters. The van der Waals surface area contributed by atoms with Gasteiger partial charge in [0.05, 0.1) is 4.92 Å². The van der Waals surface area contributed by atoms with E-state index in [0.29, 0.717) is 5.56 Å². The molecule has 20 heavy (non-hydrogen) atoms. The standard InChI is InChI=1S/C14H13BrN2O3/c15-12-4-1-10(2-5-12)9-20-14-6-3-11(8-16)7-13(14)17(18)19/h1-7H,8-9,16H2. The number of nitrogens with zero attached hydrogens (tertiary/aromatic N) is 1. The summed E-state index contributed by atoms with van der Waals surface area (Å²) in [4.78, 5) is 10.6. The highest BCUT2D eigenvalue weighted by molar-refractivity contribution is 9.10. The van der Waals surface area contributed by atoms with Crippen molar-refractivity contribution in [2.24, 2.45) is 5.73 Å². The van der Waals surface area contributed by atoms with Gasteiger partial charge in [-0.3, -0.25) is 10.1 Å². The molecule has 0 heterocycles. The van der Waals surface area contributed by atoms with Crippen LogP contribution >= 0.6 is 15.9 Å². The molecule has 0 aliphatic rings. The van der Waals surface area contributed by atoms with Crippen molar-refractivity contribution in [3.8, 4) is 5.75 Å². The average molecular weight is 337 g/mol. The first kappa shape index (κ1) is 14.5. The minimum atomic E-state index is -0.462. The van der Waals surface area contributed by atoms with Gasteiger partial charge in [0, 0.05) is 17.1 Å². The molecule has 0 saturated carbocycles. The molecule has 0 aliphatic heterocycles. The van der Waals surface area contributed by atoms with Crippen LogP contribution in [0.1, 0.15) is 11.1 Å². The third kappa shape index (κ3) is 3.55. The molecule has 104 valence electrons. The van der Waals surface area contributed by atoms with Gasteiger partial charge in [-0.1, -0.05) is 34.1 Å². The molecule has 2 rings (SSSR count). The van der Waals surface area contributed by atoms with Crippen LogP contribution in [-0.4, -0.2) is 4.92 Å². The van der Waals surface area contributed by atoms with Crippen LogP contribution in [0.4, 0.5) is 5.69 Å². The fourth-order valence-electron chi connectivity index (χ4n) is 1.70. The molecular weight excluding hydrogens is 324 g/mol. The molecule has 0 aromatic heterocycles. The summed E-state index contributed by atoms with van der Waals surface area (Å²) in [6.45, 7) is 0.532. The van der Waals surface area contributed by atoms with Crippen molar-refractivity contribution < 1.29 is 9.66 Å². The number of hydrogen-bond acceptors (Lipinski definition) is 4. The van der Waals surface area contributed by atoms with Crippen LogP contribution in [0.5, 0.6) is 5.75 Å². The van der Waals surface area contributed by atoms with Crippen LogP contribution in [0.2, 0.25) is 0 Å². The van der Waals surface area contributed by atoms with E-state index in [0.717, 1.165) is 10.0 Å². The number of hydrogen-bond donors (Lipinski definition) is 1. The summed E-state index contributed by atoms with van der Waals surface area (Å²) in [5.41, 5.74) is 7.05. The summed E-state index contributed by atoms with van der Waals surface area (Å²) in [6.07, 6.45) is 0. The predicted octanol–water partition coefficient (Wildman–Crippen LogP) is 3.40. The van der Waals surface area contributed by atoms with Crippen LogP contribution in [0.3, 0.4) is 0 Å². The zero-order valence-electron chi connectivity index (χ0n) is 10.6. The molecule has 0 bridgehead atoms. The Balaban J connectivity index is 2.16. The first-order valence-electron chi connectivity index (χ1n) is 5.95. The lowest BCUT2D eigenvalue weighted by Gasteiger charge is -2.08. The van der Waals surface area contributed by atoms with Gasteiger partial charge in [-0.05, 0) is 29.3 Å². The van der Waals surface area contributed by atoms with Gasteiger partial charge in [0.2, 0.25) is 0 Å². The SMILES string of the molecule is NCc1ccc(OCc2ccc(Br)cc2)c([N+](=O)[O-])c1. The largest absolute Gasteiger partial charge is 0.482 e. The van der Waals surface area contributed by atoms with E-state index < -0.39 is 4.92 Å². The second-order valence-electron chi connectivity index (χ2n) is 4.18. The van der Waals surface area contributed by atoms with Crippen LogP contribution < -0.4 is 10.5 Å². The minimum Gasteiger partial charge on any atom is -0.482 e. The van der Waals surface area contributed by atoms with Gasteiger partial charge < -0.3 is 10.5 Å². The van der Waals surface area contributed by atoms with Crippen molar-refractivity contribution in [1.82, 2.24) is 0 Å². The first-order valence-corrected chi connectivity index (χ1v) is 6.74. The Morgan fingerprint density at radius 1 is 1.15 bits per heavy atom. The van der Waals surface area contributed by atoms with Crippen LogP contribution in [0.25, 0.3) is 0 Å². The average Bonchev–Trinajstić information content (AvgIpc) is 2.46. The smallest absolute Gasteiger partial charge is 0.311 e. The third-order valence-corrected chi connectivity index (χ3v) is 3.29.